The zero-order valence-electron chi connectivity index (χ0n) is 14.2. The molecule has 2 nitrogen and oxygen atoms in total. The minimum atomic E-state index is 0.485. The number of hydrogen-bond donors (Lipinski definition) is 1. The number of hydrogen-bond acceptors (Lipinski definition) is 2. The Hall–Kier alpha value is -0.860. The van der Waals surface area contributed by atoms with Crippen LogP contribution in [0.2, 0.25) is 0 Å². The molecule has 0 radical (unpaired) electrons. The van der Waals surface area contributed by atoms with Gasteiger partial charge < -0.3 is 5.32 Å². The summed E-state index contributed by atoms with van der Waals surface area (Å²) in [5.41, 5.74) is 3.07. The first-order valence-electron chi connectivity index (χ1n) is 8.72. The third kappa shape index (κ3) is 3.87. The number of nitrogens with one attached hydrogen (secondary N) is 1. The van der Waals surface area contributed by atoms with Gasteiger partial charge in [-0.3, -0.25) is 4.90 Å². The zero-order chi connectivity index (χ0) is 15.2. The minimum absolute atomic E-state index is 0.485. The summed E-state index contributed by atoms with van der Waals surface area (Å²) in [6, 6.07) is 10.8. The summed E-state index contributed by atoms with van der Waals surface area (Å²) in [5, 5.41) is 3.81. The molecule has 0 spiro atoms. The number of aryl methyl sites for hydroxylation is 1. The van der Waals surface area contributed by atoms with E-state index in [1.807, 2.05) is 0 Å². The van der Waals surface area contributed by atoms with Gasteiger partial charge >= 0.3 is 0 Å². The van der Waals surface area contributed by atoms with E-state index in [0.717, 1.165) is 6.54 Å². The molecule has 2 rings (SSSR count). The van der Waals surface area contributed by atoms with Crippen molar-refractivity contribution in [2.24, 2.45) is 0 Å². The third-order valence-electron chi connectivity index (χ3n) is 5.02. The molecule has 1 aliphatic rings. The first kappa shape index (κ1) is 16.5. The summed E-state index contributed by atoms with van der Waals surface area (Å²) >= 11 is 0. The van der Waals surface area contributed by atoms with Gasteiger partial charge in [0.05, 0.1) is 0 Å². The van der Waals surface area contributed by atoms with Gasteiger partial charge in [0.1, 0.15) is 0 Å². The SMILES string of the molecule is CCCNC1c2ccccc2CCC1N(C)C(C)CCC. The maximum atomic E-state index is 3.81. The topological polar surface area (TPSA) is 15.3 Å². The highest BCUT2D eigenvalue weighted by molar-refractivity contribution is 5.34. The Bertz CT molecular complexity index is 429. The van der Waals surface area contributed by atoms with E-state index in [0.29, 0.717) is 18.1 Å². The maximum absolute atomic E-state index is 3.81. The normalized spacial score (nSPS) is 23.1. The average molecular weight is 288 g/mol. The first-order chi connectivity index (χ1) is 10.2. The van der Waals surface area contributed by atoms with Gasteiger partial charge in [0.15, 0.2) is 0 Å². The number of nitrogens with zero attached hydrogens (tertiary/aromatic N) is 1. The molecule has 1 aliphatic carbocycles. The summed E-state index contributed by atoms with van der Waals surface area (Å²) in [6.45, 7) is 8.01. The molecule has 0 bridgehead atoms. The Labute approximate surface area is 130 Å². The van der Waals surface area contributed by atoms with Crippen molar-refractivity contribution in [1.82, 2.24) is 10.2 Å². The molecule has 3 atom stereocenters. The van der Waals surface area contributed by atoms with Crippen LogP contribution in [0.25, 0.3) is 0 Å². The van der Waals surface area contributed by atoms with Gasteiger partial charge in [-0.25, -0.2) is 0 Å². The van der Waals surface area contributed by atoms with Crippen LogP contribution in [-0.2, 0) is 6.42 Å². The van der Waals surface area contributed by atoms with Gasteiger partial charge in [-0.15, -0.1) is 0 Å². The quantitative estimate of drug-likeness (QED) is 0.810. The number of rotatable bonds is 7. The minimum Gasteiger partial charge on any atom is -0.309 e. The largest absolute Gasteiger partial charge is 0.309 e. The van der Waals surface area contributed by atoms with Crippen LogP contribution in [0.1, 0.15) is 63.6 Å². The summed E-state index contributed by atoms with van der Waals surface area (Å²) in [5.74, 6) is 0. The molecule has 0 fully saturated rings. The van der Waals surface area contributed by atoms with Gasteiger partial charge in [0, 0.05) is 18.1 Å². The molecule has 0 saturated carbocycles. The predicted molar refractivity (Wildman–Crippen MR) is 91.7 cm³/mol. The fourth-order valence-electron chi connectivity index (χ4n) is 3.68. The second-order valence-corrected chi connectivity index (χ2v) is 6.54. The van der Waals surface area contributed by atoms with E-state index in [-0.39, 0.29) is 0 Å². The summed E-state index contributed by atoms with van der Waals surface area (Å²) in [7, 11) is 2.32. The molecule has 3 unspecified atom stereocenters. The Morgan fingerprint density at radius 1 is 1.24 bits per heavy atom. The fraction of sp³-hybridized carbons (Fsp3) is 0.684. The maximum Gasteiger partial charge on any atom is 0.0481 e. The fourth-order valence-corrected chi connectivity index (χ4v) is 3.68. The highest BCUT2D eigenvalue weighted by Gasteiger charge is 2.32. The molecule has 0 aliphatic heterocycles. The lowest BCUT2D eigenvalue weighted by atomic mass is 9.82. The van der Waals surface area contributed by atoms with E-state index in [1.165, 1.54) is 37.7 Å². The van der Waals surface area contributed by atoms with Crippen LogP contribution in [0.3, 0.4) is 0 Å². The van der Waals surface area contributed by atoms with Gasteiger partial charge in [-0.2, -0.15) is 0 Å². The van der Waals surface area contributed by atoms with E-state index in [4.69, 9.17) is 0 Å². The van der Waals surface area contributed by atoms with Gasteiger partial charge in [0.25, 0.3) is 0 Å². The smallest absolute Gasteiger partial charge is 0.0481 e. The molecule has 0 aromatic heterocycles. The van der Waals surface area contributed by atoms with Crippen molar-refractivity contribution in [3.05, 3.63) is 35.4 Å². The van der Waals surface area contributed by atoms with Crippen molar-refractivity contribution in [3.8, 4) is 0 Å². The van der Waals surface area contributed by atoms with Crippen LogP contribution < -0.4 is 5.32 Å². The van der Waals surface area contributed by atoms with Crippen LogP contribution >= 0.6 is 0 Å². The van der Waals surface area contributed by atoms with E-state index in [9.17, 15) is 0 Å². The predicted octanol–water partition coefficient (Wildman–Crippen LogP) is 4.16. The van der Waals surface area contributed by atoms with Gasteiger partial charge in [-0.05, 0) is 57.3 Å². The molecule has 118 valence electrons. The van der Waals surface area contributed by atoms with Crippen LogP contribution in [0.4, 0.5) is 0 Å². The van der Waals surface area contributed by atoms with E-state index >= 15 is 0 Å². The molecule has 0 heterocycles. The molecule has 1 N–H and O–H groups in total. The Morgan fingerprint density at radius 2 is 2.00 bits per heavy atom. The average Bonchev–Trinajstić information content (AvgIpc) is 2.52. The van der Waals surface area contributed by atoms with Crippen molar-refractivity contribution >= 4 is 0 Å². The standard InChI is InChI=1S/C19H32N2/c1-5-9-15(3)21(4)18-13-12-16-10-7-8-11-17(16)19(18)20-14-6-2/h7-8,10-11,15,18-20H,5-6,9,12-14H2,1-4H3. The molecule has 1 aromatic rings. The Balaban J connectivity index is 2.20. The summed E-state index contributed by atoms with van der Waals surface area (Å²) in [4.78, 5) is 2.62. The lowest BCUT2D eigenvalue weighted by Gasteiger charge is -2.42. The lowest BCUT2D eigenvalue weighted by molar-refractivity contribution is 0.125. The Morgan fingerprint density at radius 3 is 2.71 bits per heavy atom. The van der Waals surface area contributed by atoms with Crippen LogP contribution in [0.15, 0.2) is 24.3 Å². The van der Waals surface area contributed by atoms with Gasteiger partial charge in [0.2, 0.25) is 0 Å². The van der Waals surface area contributed by atoms with E-state index in [1.54, 1.807) is 5.56 Å². The van der Waals surface area contributed by atoms with Crippen molar-refractivity contribution in [2.75, 3.05) is 13.6 Å². The van der Waals surface area contributed by atoms with Crippen molar-refractivity contribution < 1.29 is 0 Å². The van der Waals surface area contributed by atoms with Crippen LogP contribution in [0.5, 0.6) is 0 Å². The monoisotopic (exact) mass is 288 g/mol. The van der Waals surface area contributed by atoms with Crippen molar-refractivity contribution in [2.45, 2.75) is 71.0 Å². The second-order valence-electron chi connectivity index (χ2n) is 6.54. The third-order valence-corrected chi connectivity index (χ3v) is 5.02. The molecule has 0 saturated heterocycles. The summed E-state index contributed by atoms with van der Waals surface area (Å²) < 4.78 is 0. The molecular formula is C19H32N2. The Kier molecular flexibility index (Phi) is 6.25. The van der Waals surface area contributed by atoms with Gasteiger partial charge in [-0.1, -0.05) is 44.5 Å². The molecular weight excluding hydrogens is 256 g/mol. The lowest BCUT2D eigenvalue weighted by Crippen LogP contribution is -2.48. The molecule has 21 heavy (non-hydrogen) atoms. The van der Waals surface area contributed by atoms with E-state index < -0.39 is 0 Å². The van der Waals surface area contributed by atoms with Crippen molar-refractivity contribution in [1.29, 1.82) is 0 Å². The highest BCUT2D eigenvalue weighted by Crippen LogP contribution is 2.33. The number of likely N-dealkylation sites (N-methyl/N-ethyl adjacent to an activating group) is 1. The summed E-state index contributed by atoms with van der Waals surface area (Å²) in [6.07, 6.45) is 6.23. The van der Waals surface area contributed by atoms with E-state index in [2.05, 4.69) is 62.3 Å². The molecule has 2 heteroatoms. The number of benzene rings is 1. The highest BCUT2D eigenvalue weighted by atomic mass is 15.2. The zero-order valence-corrected chi connectivity index (χ0v) is 14.2. The van der Waals surface area contributed by atoms with Crippen molar-refractivity contribution in [3.63, 3.8) is 0 Å². The first-order valence-corrected chi connectivity index (χ1v) is 8.72. The van der Waals surface area contributed by atoms with Crippen LogP contribution in [-0.4, -0.2) is 30.6 Å². The molecule has 1 aromatic carbocycles. The second kappa shape index (κ2) is 7.95. The van der Waals surface area contributed by atoms with Crippen LogP contribution in [0, 0.1) is 0 Å². The molecule has 0 amide bonds. The number of fused-ring (bicyclic) bond motifs is 1.